The molecule has 0 unspecified atom stereocenters. The lowest BCUT2D eigenvalue weighted by molar-refractivity contribution is 0.185. The van der Waals surface area contributed by atoms with Crippen LogP contribution in [0.2, 0.25) is 0 Å². The summed E-state index contributed by atoms with van der Waals surface area (Å²) in [6.45, 7) is 1.74. The second kappa shape index (κ2) is 4.21. The normalized spacial score (nSPS) is 12.9. The van der Waals surface area contributed by atoms with Crippen molar-refractivity contribution in [3.8, 4) is 0 Å². The van der Waals surface area contributed by atoms with E-state index in [0.29, 0.717) is 6.42 Å². The van der Waals surface area contributed by atoms with Crippen molar-refractivity contribution in [1.82, 2.24) is 0 Å². The number of aliphatic hydroxyl groups excluding tert-OH is 1. The highest BCUT2D eigenvalue weighted by atomic mass is 19.1. The Morgan fingerprint density at radius 1 is 1.50 bits per heavy atom. The van der Waals surface area contributed by atoms with E-state index in [1.807, 2.05) is 6.07 Å². The van der Waals surface area contributed by atoms with Crippen molar-refractivity contribution >= 4 is 0 Å². The van der Waals surface area contributed by atoms with E-state index in [9.17, 15) is 4.39 Å². The Bertz CT molecular complexity index is 245. The SMILES string of the molecule is C[C@@H](O)CCc1cccc(F)c1. The second-order valence-corrected chi connectivity index (χ2v) is 3.02. The summed E-state index contributed by atoms with van der Waals surface area (Å²) < 4.78 is 12.6. The second-order valence-electron chi connectivity index (χ2n) is 3.02. The summed E-state index contributed by atoms with van der Waals surface area (Å²) in [5, 5.41) is 8.99. The zero-order valence-corrected chi connectivity index (χ0v) is 7.13. The summed E-state index contributed by atoms with van der Waals surface area (Å²) >= 11 is 0. The van der Waals surface area contributed by atoms with Crippen LogP contribution in [0.4, 0.5) is 4.39 Å². The van der Waals surface area contributed by atoms with Gasteiger partial charge in [-0.05, 0) is 37.5 Å². The van der Waals surface area contributed by atoms with Gasteiger partial charge in [-0.1, -0.05) is 12.1 Å². The zero-order valence-electron chi connectivity index (χ0n) is 7.13. The number of rotatable bonds is 3. The third-order valence-corrected chi connectivity index (χ3v) is 1.74. The molecule has 1 rings (SSSR count). The number of aliphatic hydroxyl groups is 1. The third-order valence-electron chi connectivity index (χ3n) is 1.74. The van der Waals surface area contributed by atoms with Gasteiger partial charge in [0.1, 0.15) is 5.82 Å². The van der Waals surface area contributed by atoms with Crippen LogP contribution in [0.3, 0.4) is 0 Å². The van der Waals surface area contributed by atoms with Crippen molar-refractivity contribution in [3.05, 3.63) is 35.6 Å². The van der Waals surface area contributed by atoms with Gasteiger partial charge in [0.2, 0.25) is 0 Å². The van der Waals surface area contributed by atoms with Gasteiger partial charge in [-0.3, -0.25) is 0 Å². The maximum absolute atomic E-state index is 12.6. The summed E-state index contributed by atoms with van der Waals surface area (Å²) in [5.41, 5.74) is 0.941. The van der Waals surface area contributed by atoms with Gasteiger partial charge < -0.3 is 5.11 Å². The van der Waals surface area contributed by atoms with Gasteiger partial charge in [-0.25, -0.2) is 4.39 Å². The van der Waals surface area contributed by atoms with E-state index in [1.165, 1.54) is 12.1 Å². The molecule has 0 saturated carbocycles. The monoisotopic (exact) mass is 168 g/mol. The van der Waals surface area contributed by atoms with E-state index < -0.39 is 0 Å². The molecule has 0 bridgehead atoms. The third kappa shape index (κ3) is 3.01. The molecule has 0 aliphatic heterocycles. The quantitative estimate of drug-likeness (QED) is 0.733. The molecule has 2 heteroatoms. The van der Waals surface area contributed by atoms with Crippen molar-refractivity contribution in [3.63, 3.8) is 0 Å². The van der Waals surface area contributed by atoms with Gasteiger partial charge in [-0.2, -0.15) is 0 Å². The average molecular weight is 168 g/mol. The summed E-state index contributed by atoms with van der Waals surface area (Å²) in [6.07, 6.45) is 1.10. The van der Waals surface area contributed by atoms with Crippen molar-refractivity contribution in [2.45, 2.75) is 25.9 Å². The van der Waals surface area contributed by atoms with Crippen molar-refractivity contribution in [2.75, 3.05) is 0 Å². The molecule has 0 radical (unpaired) electrons. The molecule has 0 aliphatic rings. The highest BCUT2D eigenvalue weighted by Gasteiger charge is 1.98. The van der Waals surface area contributed by atoms with E-state index in [1.54, 1.807) is 13.0 Å². The Morgan fingerprint density at radius 3 is 2.83 bits per heavy atom. The Hall–Kier alpha value is -0.890. The molecule has 1 aromatic carbocycles. The number of hydrogen-bond acceptors (Lipinski definition) is 1. The molecule has 0 fully saturated rings. The number of aryl methyl sites for hydroxylation is 1. The van der Waals surface area contributed by atoms with Crippen LogP contribution >= 0.6 is 0 Å². The lowest BCUT2D eigenvalue weighted by atomic mass is 10.1. The highest BCUT2D eigenvalue weighted by Crippen LogP contribution is 2.07. The fourth-order valence-electron chi connectivity index (χ4n) is 1.07. The summed E-state index contributed by atoms with van der Waals surface area (Å²) in [5.74, 6) is -0.210. The van der Waals surface area contributed by atoms with Crippen molar-refractivity contribution < 1.29 is 9.50 Å². The average Bonchev–Trinajstić information content (AvgIpc) is 2.01. The van der Waals surface area contributed by atoms with Crippen LogP contribution in [-0.2, 0) is 6.42 Å². The Kier molecular flexibility index (Phi) is 3.23. The van der Waals surface area contributed by atoms with E-state index in [2.05, 4.69) is 0 Å². The molecule has 0 spiro atoms. The predicted molar refractivity (Wildman–Crippen MR) is 46.4 cm³/mol. The van der Waals surface area contributed by atoms with E-state index in [4.69, 9.17) is 5.11 Å². The molecule has 1 nitrogen and oxygen atoms in total. The predicted octanol–water partition coefficient (Wildman–Crippen LogP) is 2.14. The summed E-state index contributed by atoms with van der Waals surface area (Å²) in [7, 11) is 0. The lowest BCUT2D eigenvalue weighted by Crippen LogP contribution is -2.01. The molecule has 0 aliphatic carbocycles. The fraction of sp³-hybridized carbons (Fsp3) is 0.400. The van der Waals surface area contributed by atoms with Gasteiger partial charge in [0, 0.05) is 0 Å². The summed E-state index contributed by atoms with van der Waals surface area (Å²) in [4.78, 5) is 0. The van der Waals surface area contributed by atoms with Gasteiger partial charge in [0.05, 0.1) is 6.10 Å². The number of benzene rings is 1. The van der Waals surface area contributed by atoms with Crippen LogP contribution < -0.4 is 0 Å². The van der Waals surface area contributed by atoms with Crippen LogP contribution in [0.5, 0.6) is 0 Å². The largest absolute Gasteiger partial charge is 0.393 e. The molecule has 0 amide bonds. The van der Waals surface area contributed by atoms with E-state index >= 15 is 0 Å². The Morgan fingerprint density at radius 2 is 2.25 bits per heavy atom. The van der Waals surface area contributed by atoms with E-state index in [0.717, 1.165) is 12.0 Å². The zero-order chi connectivity index (χ0) is 8.97. The molecule has 0 aromatic heterocycles. The first-order chi connectivity index (χ1) is 5.68. The first-order valence-corrected chi connectivity index (χ1v) is 4.11. The number of halogens is 1. The van der Waals surface area contributed by atoms with Crippen LogP contribution in [0.15, 0.2) is 24.3 Å². The maximum Gasteiger partial charge on any atom is 0.123 e. The van der Waals surface area contributed by atoms with Crippen molar-refractivity contribution in [1.29, 1.82) is 0 Å². The van der Waals surface area contributed by atoms with Crippen LogP contribution in [0.25, 0.3) is 0 Å². The van der Waals surface area contributed by atoms with Crippen LogP contribution in [0, 0.1) is 5.82 Å². The number of hydrogen-bond donors (Lipinski definition) is 1. The minimum Gasteiger partial charge on any atom is -0.393 e. The molecule has 0 saturated heterocycles. The Balaban J connectivity index is 2.52. The molecule has 66 valence electrons. The molecule has 12 heavy (non-hydrogen) atoms. The smallest absolute Gasteiger partial charge is 0.123 e. The molecular weight excluding hydrogens is 155 g/mol. The van der Waals surface area contributed by atoms with E-state index in [-0.39, 0.29) is 11.9 Å². The molecule has 1 atom stereocenters. The standard InChI is InChI=1S/C10H13FO/c1-8(12)5-6-9-3-2-4-10(11)7-9/h2-4,7-8,12H,5-6H2,1H3/t8-/m1/s1. The summed E-state index contributed by atoms with van der Waals surface area (Å²) in [6, 6.07) is 6.48. The van der Waals surface area contributed by atoms with Crippen molar-refractivity contribution in [2.24, 2.45) is 0 Å². The first kappa shape index (κ1) is 9.20. The Labute approximate surface area is 71.9 Å². The highest BCUT2D eigenvalue weighted by molar-refractivity contribution is 5.16. The van der Waals surface area contributed by atoms with Gasteiger partial charge in [-0.15, -0.1) is 0 Å². The fourth-order valence-corrected chi connectivity index (χ4v) is 1.07. The van der Waals surface area contributed by atoms with Crippen LogP contribution in [0.1, 0.15) is 18.9 Å². The molecule has 1 N–H and O–H groups in total. The molecular formula is C10H13FO. The topological polar surface area (TPSA) is 20.2 Å². The minimum atomic E-state index is -0.312. The molecule has 0 heterocycles. The minimum absolute atomic E-state index is 0.210. The van der Waals surface area contributed by atoms with Crippen LogP contribution in [-0.4, -0.2) is 11.2 Å². The molecule has 1 aromatic rings. The van der Waals surface area contributed by atoms with Gasteiger partial charge >= 0.3 is 0 Å². The lowest BCUT2D eigenvalue weighted by Gasteiger charge is -2.03. The maximum atomic E-state index is 12.6. The van der Waals surface area contributed by atoms with Gasteiger partial charge in [0.15, 0.2) is 0 Å². The van der Waals surface area contributed by atoms with Gasteiger partial charge in [0.25, 0.3) is 0 Å². The first-order valence-electron chi connectivity index (χ1n) is 4.11.